The Labute approximate surface area is 229 Å². The van der Waals surface area contributed by atoms with Crippen molar-refractivity contribution in [3.05, 3.63) is 86.2 Å². The van der Waals surface area contributed by atoms with Crippen LogP contribution in [-0.4, -0.2) is 41.5 Å². The number of aliphatic hydroxyl groups excluding tert-OH is 1. The molecule has 9 nitrogen and oxygen atoms in total. The topological polar surface area (TPSA) is 119 Å². The highest BCUT2D eigenvalue weighted by molar-refractivity contribution is 9.10. The number of aliphatic hydroxyl groups is 1. The van der Waals surface area contributed by atoms with E-state index in [1.165, 1.54) is 18.1 Å². The Hall–Kier alpha value is -3.96. The van der Waals surface area contributed by atoms with E-state index in [2.05, 4.69) is 20.9 Å². The number of rotatable bonds is 7. The highest BCUT2D eigenvalue weighted by Gasteiger charge is 2.47. The highest BCUT2D eigenvalue weighted by Crippen LogP contribution is 2.44. The number of aryl methyl sites for hydroxylation is 1. The number of thiazole rings is 1. The van der Waals surface area contributed by atoms with Crippen LogP contribution >= 0.6 is 27.3 Å². The van der Waals surface area contributed by atoms with Gasteiger partial charge in [0.15, 0.2) is 28.0 Å². The monoisotopic (exact) mass is 596 g/mol. The molecule has 0 radical (unpaired) electrons. The zero-order valence-corrected chi connectivity index (χ0v) is 22.9. The molecule has 4 aromatic rings. The van der Waals surface area contributed by atoms with E-state index < -0.39 is 29.5 Å². The van der Waals surface area contributed by atoms with E-state index in [0.29, 0.717) is 32.4 Å². The van der Waals surface area contributed by atoms with Crippen molar-refractivity contribution in [2.24, 2.45) is 0 Å². The number of carbonyl (C=O) groups excluding carboxylic acids is 3. The molecule has 194 valence electrons. The number of anilines is 1. The molecule has 0 bridgehead atoms. The van der Waals surface area contributed by atoms with E-state index in [-0.39, 0.29) is 27.9 Å². The third kappa shape index (κ3) is 4.27. The number of ketones is 1. The first-order valence-corrected chi connectivity index (χ1v) is 13.1. The van der Waals surface area contributed by atoms with Gasteiger partial charge in [-0.05, 0) is 43.7 Å². The van der Waals surface area contributed by atoms with Gasteiger partial charge in [-0.1, -0.05) is 51.5 Å². The van der Waals surface area contributed by atoms with Crippen molar-refractivity contribution in [3.8, 4) is 5.75 Å². The molecular formula is C27H21BrN2O7S. The molecule has 11 heteroatoms. The molecule has 1 atom stereocenters. The quantitative estimate of drug-likeness (QED) is 0.206. The third-order valence-electron chi connectivity index (χ3n) is 6.02. The molecule has 0 fully saturated rings. The van der Waals surface area contributed by atoms with Gasteiger partial charge in [0.05, 0.1) is 31.0 Å². The van der Waals surface area contributed by atoms with Crippen LogP contribution in [-0.2, 0) is 9.53 Å². The smallest absolute Gasteiger partial charge is 0.350 e. The predicted octanol–water partition coefficient (Wildman–Crippen LogP) is 5.93. The van der Waals surface area contributed by atoms with Crippen molar-refractivity contribution >= 4 is 61.0 Å². The fourth-order valence-electron chi connectivity index (χ4n) is 4.34. The first-order valence-electron chi connectivity index (χ1n) is 11.5. The number of aromatic nitrogens is 1. The van der Waals surface area contributed by atoms with Crippen molar-refractivity contribution in [1.82, 2.24) is 4.98 Å². The van der Waals surface area contributed by atoms with Crippen LogP contribution in [0.15, 0.2) is 68.8 Å². The van der Waals surface area contributed by atoms with Crippen LogP contribution in [0.1, 0.15) is 44.4 Å². The van der Waals surface area contributed by atoms with Crippen LogP contribution in [0.5, 0.6) is 5.75 Å². The SMILES string of the molecule is CCOC(=O)c1sc(N2C(=O)C(O)=C(C(=O)c3cc4cccc(OC)c4o3)C2c2cccc(Br)c2)nc1C. The molecule has 1 aliphatic heterocycles. The number of amides is 1. The number of hydrogen-bond donors (Lipinski definition) is 1. The highest BCUT2D eigenvalue weighted by atomic mass is 79.9. The van der Waals surface area contributed by atoms with Crippen LogP contribution in [0.4, 0.5) is 5.13 Å². The molecule has 1 unspecified atom stereocenters. The van der Waals surface area contributed by atoms with Crippen molar-refractivity contribution < 1.29 is 33.4 Å². The van der Waals surface area contributed by atoms with E-state index >= 15 is 0 Å². The summed E-state index contributed by atoms with van der Waals surface area (Å²) in [5.74, 6) is -2.40. The molecule has 0 spiro atoms. The number of hydrogen-bond acceptors (Lipinski definition) is 9. The third-order valence-corrected chi connectivity index (χ3v) is 7.65. The second kappa shape index (κ2) is 10.1. The second-order valence-corrected chi connectivity index (χ2v) is 10.2. The first kappa shape index (κ1) is 25.7. The van der Waals surface area contributed by atoms with Crippen LogP contribution in [0.25, 0.3) is 11.0 Å². The van der Waals surface area contributed by atoms with Gasteiger partial charge >= 0.3 is 5.97 Å². The number of fused-ring (bicyclic) bond motifs is 1. The number of halogens is 1. The number of esters is 1. The molecule has 2 aromatic heterocycles. The summed E-state index contributed by atoms with van der Waals surface area (Å²) >= 11 is 4.39. The molecule has 0 saturated carbocycles. The molecule has 3 heterocycles. The van der Waals surface area contributed by atoms with Crippen LogP contribution in [0.3, 0.4) is 0 Å². The summed E-state index contributed by atoms with van der Waals surface area (Å²) in [6, 6.07) is 12.8. The number of nitrogens with zero attached hydrogens (tertiary/aromatic N) is 2. The average Bonchev–Trinajstić information content (AvgIpc) is 3.57. The first-order chi connectivity index (χ1) is 18.2. The minimum absolute atomic E-state index is 0.0665. The van der Waals surface area contributed by atoms with Crippen LogP contribution in [0.2, 0.25) is 0 Å². The Morgan fingerprint density at radius 1 is 1.21 bits per heavy atom. The number of benzene rings is 2. The maximum Gasteiger partial charge on any atom is 0.350 e. The molecule has 5 rings (SSSR count). The summed E-state index contributed by atoms with van der Waals surface area (Å²) < 4.78 is 17.0. The van der Waals surface area contributed by atoms with Crippen molar-refractivity contribution in [3.63, 3.8) is 0 Å². The zero-order chi connectivity index (χ0) is 27.1. The lowest BCUT2D eigenvalue weighted by Crippen LogP contribution is -2.31. The van der Waals surface area contributed by atoms with Crippen LogP contribution in [0, 0.1) is 6.92 Å². The Balaban J connectivity index is 1.64. The maximum absolute atomic E-state index is 13.8. The van der Waals surface area contributed by atoms with Gasteiger partial charge in [0.1, 0.15) is 4.88 Å². The second-order valence-electron chi connectivity index (χ2n) is 8.34. The van der Waals surface area contributed by atoms with Gasteiger partial charge in [0, 0.05) is 9.86 Å². The number of carbonyl (C=O) groups is 3. The van der Waals surface area contributed by atoms with E-state index in [4.69, 9.17) is 13.9 Å². The summed E-state index contributed by atoms with van der Waals surface area (Å²) in [7, 11) is 1.49. The molecule has 0 saturated heterocycles. The molecule has 1 aliphatic rings. The molecule has 1 N–H and O–H groups in total. The van der Waals surface area contributed by atoms with Crippen molar-refractivity contribution in [1.29, 1.82) is 0 Å². The number of furan rings is 1. The predicted molar refractivity (Wildman–Crippen MR) is 144 cm³/mol. The van der Waals surface area contributed by atoms with E-state index in [9.17, 15) is 19.5 Å². The molecule has 2 aromatic carbocycles. The van der Waals surface area contributed by atoms with Gasteiger partial charge in [0.25, 0.3) is 5.91 Å². The van der Waals surface area contributed by atoms with E-state index in [1.54, 1.807) is 56.3 Å². The minimum Gasteiger partial charge on any atom is -0.503 e. The normalized spacial score (nSPS) is 15.4. The maximum atomic E-state index is 13.8. The van der Waals surface area contributed by atoms with Gasteiger partial charge in [-0.3, -0.25) is 14.5 Å². The summed E-state index contributed by atoms with van der Waals surface area (Å²) in [6.45, 7) is 3.50. The summed E-state index contributed by atoms with van der Waals surface area (Å²) in [6.07, 6.45) is 0. The average molecular weight is 597 g/mol. The Kier molecular flexibility index (Phi) is 6.80. The lowest BCUT2D eigenvalue weighted by Gasteiger charge is -2.24. The summed E-state index contributed by atoms with van der Waals surface area (Å²) in [5.41, 5.74) is 1.11. The minimum atomic E-state index is -1.04. The fourth-order valence-corrected chi connectivity index (χ4v) is 5.74. The van der Waals surface area contributed by atoms with Gasteiger partial charge in [-0.25, -0.2) is 9.78 Å². The van der Waals surface area contributed by atoms with Gasteiger partial charge in [-0.15, -0.1) is 0 Å². The summed E-state index contributed by atoms with van der Waals surface area (Å²) in [5, 5.41) is 11.8. The number of para-hydroxylation sites is 1. The lowest BCUT2D eigenvalue weighted by atomic mass is 9.95. The molecule has 38 heavy (non-hydrogen) atoms. The largest absolute Gasteiger partial charge is 0.503 e. The molecule has 0 aliphatic carbocycles. The molecule has 1 amide bonds. The number of methoxy groups -OCH3 is 1. The lowest BCUT2D eigenvalue weighted by molar-refractivity contribution is -0.117. The number of ether oxygens (including phenoxy) is 2. The van der Waals surface area contributed by atoms with Gasteiger partial charge in [-0.2, -0.15) is 0 Å². The van der Waals surface area contributed by atoms with E-state index in [1.807, 2.05) is 0 Å². The zero-order valence-electron chi connectivity index (χ0n) is 20.5. The van der Waals surface area contributed by atoms with Crippen molar-refractivity contribution in [2.75, 3.05) is 18.6 Å². The van der Waals surface area contributed by atoms with Gasteiger partial charge in [0.2, 0.25) is 5.78 Å². The fraction of sp³-hybridized carbons (Fsp3) is 0.185. The Morgan fingerprint density at radius 3 is 2.68 bits per heavy atom. The standard InChI is InChI=1S/C27H21BrN2O7S/c1-4-36-26(34)24-13(2)29-27(38-24)30-20(14-7-5-9-16(28)11-14)19(22(32)25(30)33)21(31)18-12-15-8-6-10-17(35-3)23(15)37-18/h5-12,20,32H,4H2,1-3H3. The van der Waals surface area contributed by atoms with E-state index in [0.717, 1.165) is 11.3 Å². The van der Waals surface area contributed by atoms with Crippen LogP contribution < -0.4 is 9.64 Å². The number of Topliss-reactive ketones (excluding diaryl/α,β-unsaturated/α-hetero) is 1. The Bertz CT molecular complexity index is 1640. The van der Waals surface area contributed by atoms with Gasteiger partial charge < -0.3 is 19.0 Å². The Morgan fingerprint density at radius 2 is 1.97 bits per heavy atom. The summed E-state index contributed by atoms with van der Waals surface area (Å²) in [4.78, 5) is 45.6. The molecular weight excluding hydrogens is 576 g/mol. The van der Waals surface area contributed by atoms with Crippen molar-refractivity contribution in [2.45, 2.75) is 19.9 Å².